The summed E-state index contributed by atoms with van der Waals surface area (Å²) in [5.41, 5.74) is 1.12. The molecule has 3 rings (SSSR count). The first-order valence-corrected chi connectivity index (χ1v) is 8.27. The van der Waals surface area contributed by atoms with Crippen molar-refractivity contribution in [2.24, 2.45) is 0 Å². The third-order valence-corrected chi connectivity index (χ3v) is 4.86. The van der Waals surface area contributed by atoms with E-state index in [1.165, 1.54) is 5.01 Å². The molecule has 0 saturated carbocycles. The number of rotatable bonds is 4. The predicted octanol–water partition coefficient (Wildman–Crippen LogP) is 2.88. The molecule has 0 N–H and O–H groups in total. The van der Waals surface area contributed by atoms with Gasteiger partial charge in [-0.05, 0) is 30.9 Å². The van der Waals surface area contributed by atoms with Crippen LogP contribution in [0.5, 0.6) is 0 Å². The highest BCUT2D eigenvalue weighted by Gasteiger charge is 2.25. The fraction of sp³-hybridized carbons (Fsp3) is 0.438. The largest absolute Gasteiger partial charge is 0.342 e. The van der Waals surface area contributed by atoms with E-state index in [0.717, 1.165) is 37.9 Å². The van der Waals surface area contributed by atoms with Crippen LogP contribution in [0.4, 0.5) is 0 Å². The summed E-state index contributed by atoms with van der Waals surface area (Å²) in [7, 11) is 0. The molecule has 21 heavy (non-hydrogen) atoms. The van der Waals surface area contributed by atoms with Crippen molar-refractivity contribution in [2.45, 2.75) is 31.6 Å². The van der Waals surface area contributed by atoms with Gasteiger partial charge in [0.25, 0.3) is 0 Å². The van der Waals surface area contributed by atoms with Crippen LogP contribution in [0.3, 0.4) is 0 Å². The van der Waals surface area contributed by atoms with Gasteiger partial charge in [-0.1, -0.05) is 6.07 Å². The zero-order valence-corrected chi connectivity index (χ0v) is 12.8. The Hall–Kier alpha value is -1.75. The molecule has 0 aliphatic carbocycles. The van der Waals surface area contributed by atoms with Gasteiger partial charge in [-0.15, -0.1) is 11.3 Å². The lowest BCUT2D eigenvalue weighted by atomic mass is 9.98. The van der Waals surface area contributed by atoms with Crippen molar-refractivity contribution in [1.29, 1.82) is 0 Å². The molecule has 0 aromatic carbocycles. The van der Waals surface area contributed by atoms with Gasteiger partial charge in [0, 0.05) is 49.4 Å². The predicted molar refractivity (Wildman–Crippen MR) is 83.2 cm³/mol. The molecule has 4 nitrogen and oxygen atoms in total. The minimum absolute atomic E-state index is 0.250. The van der Waals surface area contributed by atoms with Crippen molar-refractivity contribution in [3.63, 3.8) is 0 Å². The molecule has 1 saturated heterocycles. The fourth-order valence-electron chi connectivity index (χ4n) is 2.80. The van der Waals surface area contributed by atoms with Crippen LogP contribution in [0.2, 0.25) is 0 Å². The lowest BCUT2D eigenvalue weighted by Gasteiger charge is -2.32. The van der Waals surface area contributed by atoms with Gasteiger partial charge < -0.3 is 4.90 Å². The Kier molecular flexibility index (Phi) is 4.60. The molecule has 0 bridgehead atoms. The summed E-state index contributed by atoms with van der Waals surface area (Å²) in [6.45, 7) is 1.70. The van der Waals surface area contributed by atoms with Gasteiger partial charge in [0.2, 0.25) is 5.91 Å². The maximum absolute atomic E-state index is 12.4. The number of piperidine rings is 1. The van der Waals surface area contributed by atoms with E-state index in [1.54, 1.807) is 17.5 Å². The number of pyridine rings is 1. The molecule has 3 heterocycles. The van der Waals surface area contributed by atoms with Crippen LogP contribution in [0.1, 0.15) is 35.8 Å². The van der Waals surface area contributed by atoms with E-state index < -0.39 is 0 Å². The van der Waals surface area contributed by atoms with Crippen LogP contribution in [0.15, 0.2) is 36.1 Å². The normalized spacial score (nSPS) is 18.7. The second kappa shape index (κ2) is 6.80. The van der Waals surface area contributed by atoms with Crippen LogP contribution < -0.4 is 0 Å². The number of likely N-dealkylation sites (tertiary alicyclic amines) is 1. The van der Waals surface area contributed by atoms with Gasteiger partial charge >= 0.3 is 0 Å². The Morgan fingerprint density at radius 2 is 2.38 bits per heavy atom. The first-order chi connectivity index (χ1) is 10.3. The van der Waals surface area contributed by atoms with Gasteiger partial charge in [0.1, 0.15) is 0 Å². The summed E-state index contributed by atoms with van der Waals surface area (Å²) < 4.78 is 0. The van der Waals surface area contributed by atoms with Gasteiger partial charge in [0.15, 0.2) is 0 Å². The average Bonchev–Trinajstić information content (AvgIpc) is 3.08. The summed E-state index contributed by atoms with van der Waals surface area (Å²) in [6.07, 6.45) is 8.99. The van der Waals surface area contributed by atoms with Crippen molar-refractivity contribution in [3.05, 3.63) is 46.7 Å². The molecule has 0 radical (unpaired) electrons. The molecule has 1 aliphatic rings. The number of aromatic nitrogens is 2. The standard InChI is InChI=1S/C16H19N3OS/c20-15(6-5-13-3-1-7-17-11-13)19-9-2-4-14(12-19)16-18-8-10-21-16/h1,3,7-8,10-11,14H,2,4-6,9,12H2. The lowest BCUT2D eigenvalue weighted by Crippen LogP contribution is -2.39. The first kappa shape index (κ1) is 14.2. The number of amides is 1. The summed E-state index contributed by atoms with van der Waals surface area (Å²) in [4.78, 5) is 22.9. The van der Waals surface area contributed by atoms with E-state index in [4.69, 9.17) is 0 Å². The number of nitrogens with zero attached hydrogens (tertiary/aromatic N) is 3. The Balaban J connectivity index is 1.55. The number of thiazole rings is 1. The summed E-state index contributed by atoms with van der Waals surface area (Å²) in [6, 6.07) is 3.94. The van der Waals surface area contributed by atoms with Crippen molar-refractivity contribution >= 4 is 17.2 Å². The molecule has 110 valence electrons. The summed E-state index contributed by atoms with van der Waals surface area (Å²) >= 11 is 1.70. The Labute approximate surface area is 128 Å². The van der Waals surface area contributed by atoms with Crippen LogP contribution in [-0.2, 0) is 11.2 Å². The Bertz CT molecular complexity index is 570. The summed E-state index contributed by atoms with van der Waals surface area (Å²) in [5, 5.41) is 3.18. The highest BCUT2D eigenvalue weighted by molar-refractivity contribution is 7.09. The smallest absolute Gasteiger partial charge is 0.222 e. The molecule has 0 spiro atoms. The van der Waals surface area contributed by atoms with Crippen molar-refractivity contribution in [2.75, 3.05) is 13.1 Å². The molecule has 1 unspecified atom stereocenters. The maximum atomic E-state index is 12.4. The van der Waals surface area contributed by atoms with Crippen molar-refractivity contribution in [1.82, 2.24) is 14.9 Å². The van der Waals surface area contributed by atoms with E-state index in [2.05, 4.69) is 9.97 Å². The van der Waals surface area contributed by atoms with E-state index in [-0.39, 0.29) is 5.91 Å². The molecular weight excluding hydrogens is 282 g/mol. The molecular formula is C16H19N3OS. The molecule has 2 aromatic heterocycles. The zero-order chi connectivity index (χ0) is 14.5. The minimum atomic E-state index is 0.250. The quantitative estimate of drug-likeness (QED) is 0.872. The zero-order valence-electron chi connectivity index (χ0n) is 11.9. The lowest BCUT2D eigenvalue weighted by molar-refractivity contribution is -0.132. The van der Waals surface area contributed by atoms with Crippen LogP contribution >= 0.6 is 11.3 Å². The fourth-order valence-corrected chi connectivity index (χ4v) is 3.56. The third-order valence-electron chi connectivity index (χ3n) is 3.93. The van der Waals surface area contributed by atoms with Crippen molar-refractivity contribution < 1.29 is 4.79 Å². The van der Waals surface area contributed by atoms with E-state index >= 15 is 0 Å². The monoisotopic (exact) mass is 301 g/mol. The second-order valence-electron chi connectivity index (χ2n) is 5.41. The third kappa shape index (κ3) is 3.67. The minimum Gasteiger partial charge on any atom is -0.342 e. The molecule has 1 fully saturated rings. The summed E-state index contributed by atoms with van der Waals surface area (Å²) in [5.74, 6) is 0.668. The van der Waals surface area contributed by atoms with E-state index in [9.17, 15) is 4.79 Å². The van der Waals surface area contributed by atoms with Gasteiger partial charge in [-0.25, -0.2) is 4.98 Å². The SMILES string of the molecule is O=C(CCc1cccnc1)N1CCCC(c2nccs2)C1. The second-order valence-corrected chi connectivity index (χ2v) is 6.34. The molecule has 2 aromatic rings. The first-order valence-electron chi connectivity index (χ1n) is 7.39. The number of carbonyl (C=O) groups excluding carboxylic acids is 1. The van der Waals surface area contributed by atoms with E-state index in [1.807, 2.05) is 34.8 Å². The van der Waals surface area contributed by atoms with Gasteiger partial charge in [-0.3, -0.25) is 9.78 Å². The Morgan fingerprint density at radius 3 is 3.14 bits per heavy atom. The van der Waals surface area contributed by atoms with Crippen LogP contribution in [0.25, 0.3) is 0 Å². The maximum Gasteiger partial charge on any atom is 0.222 e. The topological polar surface area (TPSA) is 46.1 Å². The molecule has 5 heteroatoms. The van der Waals surface area contributed by atoms with Gasteiger partial charge in [-0.2, -0.15) is 0 Å². The van der Waals surface area contributed by atoms with Gasteiger partial charge in [0.05, 0.1) is 5.01 Å². The molecule has 1 amide bonds. The highest BCUT2D eigenvalue weighted by Crippen LogP contribution is 2.28. The number of hydrogen-bond donors (Lipinski definition) is 0. The molecule has 1 atom stereocenters. The highest BCUT2D eigenvalue weighted by atomic mass is 32.1. The number of hydrogen-bond acceptors (Lipinski definition) is 4. The Morgan fingerprint density at radius 1 is 1.43 bits per heavy atom. The van der Waals surface area contributed by atoms with Crippen LogP contribution in [-0.4, -0.2) is 33.9 Å². The molecule has 1 aliphatic heterocycles. The number of carbonyl (C=O) groups is 1. The van der Waals surface area contributed by atoms with E-state index in [0.29, 0.717) is 12.3 Å². The average molecular weight is 301 g/mol. The van der Waals surface area contributed by atoms with Crippen LogP contribution in [0, 0.1) is 0 Å². The number of aryl methyl sites for hydroxylation is 1. The van der Waals surface area contributed by atoms with Crippen molar-refractivity contribution in [3.8, 4) is 0 Å².